The average Bonchev–Trinajstić information content (AvgIpc) is 2.78. The number of aliphatic carboxylic acids is 1. The summed E-state index contributed by atoms with van der Waals surface area (Å²) in [5.41, 5.74) is 0. The monoisotopic (exact) mass is 256 g/mol. The van der Waals surface area contributed by atoms with E-state index in [1.807, 2.05) is 24.4 Å². The molecule has 0 aliphatic heterocycles. The number of nitrogens with one attached hydrogen (secondary N) is 2. The normalized spacial score (nSPS) is 11.8. The largest absolute Gasteiger partial charge is 0.480 e. The Morgan fingerprint density at radius 1 is 1.53 bits per heavy atom. The number of urea groups is 1. The lowest BCUT2D eigenvalue weighted by Crippen LogP contribution is -2.45. The highest BCUT2D eigenvalue weighted by Crippen LogP contribution is 2.07. The summed E-state index contributed by atoms with van der Waals surface area (Å²) in [6, 6.07) is 2.55. The van der Waals surface area contributed by atoms with Crippen LogP contribution >= 0.6 is 11.3 Å². The summed E-state index contributed by atoms with van der Waals surface area (Å²) in [5.74, 6) is -1.00. The van der Waals surface area contributed by atoms with E-state index in [-0.39, 0.29) is 0 Å². The number of hydrogen-bond acceptors (Lipinski definition) is 3. The molecule has 0 aromatic carbocycles. The predicted molar refractivity (Wildman–Crippen MR) is 66.0 cm³/mol. The van der Waals surface area contributed by atoms with Gasteiger partial charge in [-0.1, -0.05) is 19.4 Å². The molecule has 0 aliphatic rings. The molecule has 1 aromatic heterocycles. The lowest BCUT2D eigenvalue weighted by Gasteiger charge is -2.13. The molecule has 1 heterocycles. The zero-order valence-electron chi connectivity index (χ0n) is 9.60. The second kappa shape index (κ2) is 6.90. The standard InChI is InChI=1S/C11H16N2O3S/c1-2-4-9(10(14)15)13-11(16)12-7-8-5-3-6-17-8/h3,5-6,9H,2,4,7H2,1H3,(H,14,15)(H2,12,13,16)/t9-/m0/s1. The first kappa shape index (κ1) is 13.5. The minimum Gasteiger partial charge on any atom is -0.480 e. The molecule has 0 bridgehead atoms. The van der Waals surface area contributed by atoms with E-state index in [9.17, 15) is 9.59 Å². The SMILES string of the molecule is CCC[C@H](NC(=O)NCc1cccs1)C(=O)O. The fraction of sp³-hybridized carbons (Fsp3) is 0.455. The van der Waals surface area contributed by atoms with Gasteiger partial charge in [-0.15, -0.1) is 11.3 Å². The van der Waals surface area contributed by atoms with Gasteiger partial charge in [0.25, 0.3) is 0 Å². The highest BCUT2D eigenvalue weighted by Gasteiger charge is 2.18. The predicted octanol–water partition coefficient (Wildman–Crippen LogP) is 1.80. The molecule has 94 valence electrons. The van der Waals surface area contributed by atoms with Crippen LogP contribution in [0.4, 0.5) is 4.79 Å². The molecule has 0 fully saturated rings. The molecule has 0 spiro atoms. The van der Waals surface area contributed by atoms with Gasteiger partial charge >= 0.3 is 12.0 Å². The molecule has 3 N–H and O–H groups in total. The van der Waals surface area contributed by atoms with E-state index in [4.69, 9.17) is 5.11 Å². The maximum atomic E-state index is 11.4. The van der Waals surface area contributed by atoms with Crippen LogP contribution in [0.25, 0.3) is 0 Å². The van der Waals surface area contributed by atoms with Crippen LogP contribution in [0.15, 0.2) is 17.5 Å². The Morgan fingerprint density at radius 3 is 2.82 bits per heavy atom. The summed E-state index contributed by atoms with van der Waals surface area (Å²) in [6.07, 6.45) is 1.14. The molecule has 6 heteroatoms. The van der Waals surface area contributed by atoms with Crippen LogP contribution in [0.3, 0.4) is 0 Å². The van der Waals surface area contributed by atoms with Crippen LogP contribution in [0.2, 0.25) is 0 Å². The molecule has 1 atom stereocenters. The van der Waals surface area contributed by atoms with Crippen molar-refractivity contribution in [2.24, 2.45) is 0 Å². The van der Waals surface area contributed by atoms with Crippen molar-refractivity contribution in [1.29, 1.82) is 0 Å². The summed E-state index contributed by atoms with van der Waals surface area (Å²) in [5, 5.41) is 15.8. The molecule has 17 heavy (non-hydrogen) atoms. The van der Waals surface area contributed by atoms with Gasteiger partial charge in [0.1, 0.15) is 6.04 Å². The molecule has 0 unspecified atom stereocenters. The van der Waals surface area contributed by atoms with E-state index in [2.05, 4.69) is 10.6 Å². The van der Waals surface area contributed by atoms with Crippen molar-refractivity contribution in [2.45, 2.75) is 32.4 Å². The molecule has 0 radical (unpaired) electrons. The summed E-state index contributed by atoms with van der Waals surface area (Å²) >= 11 is 1.54. The molecular formula is C11H16N2O3S. The Hall–Kier alpha value is -1.56. The van der Waals surface area contributed by atoms with Gasteiger partial charge in [0.15, 0.2) is 0 Å². The van der Waals surface area contributed by atoms with Gasteiger partial charge in [0, 0.05) is 4.88 Å². The van der Waals surface area contributed by atoms with E-state index in [0.29, 0.717) is 19.4 Å². The number of carboxylic acids is 1. The highest BCUT2D eigenvalue weighted by molar-refractivity contribution is 7.09. The Balaban J connectivity index is 2.34. The molecular weight excluding hydrogens is 240 g/mol. The van der Waals surface area contributed by atoms with Gasteiger partial charge in [0.05, 0.1) is 6.54 Å². The quantitative estimate of drug-likeness (QED) is 0.726. The minimum atomic E-state index is -1.00. The van der Waals surface area contributed by atoms with Crippen molar-refractivity contribution in [2.75, 3.05) is 0 Å². The van der Waals surface area contributed by atoms with Gasteiger partial charge in [-0.25, -0.2) is 9.59 Å². The topological polar surface area (TPSA) is 78.4 Å². The van der Waals surface area contributed by atoms with Crippen molar-refractivity contribution in [1.82, 2.24) is 10.6 Å². The Bertz CT molecular complexity index is 365. The van der Waals surface area contributed by atoms with E-state index in [0.717, 1.165) is 4.88 Å². The number of thiophene rings is 1. The number of carbonyl (C=O) groups is 2. The van der Waals surface area contributed by atoms with E-state index in [1.165, 1.54) is 0 Å². The number of rotatable bonds is 6. The summed E-state index contributed by atoms with van der Waals surface area (Å²) in [6.45, 7) is 2.29. The van der Waals surface area contributed by atoms with Crippen molar-refractivity contribution >= 4 is 23.3 Å². The lowest BCUT2D eigenvalue weighted by molar-refractivity contribution is -0.139. The average molecular weight is 256 g/mol. The van der Waals surface area contributed by atoms with Crippen LogP contribution in [0, 0.1) is 0 Å². The van der Waals surface area contributed by atoms with Gasteiger partial charge in [-0.3, -0.25) is 0 Å². The smallest absolute Gasteiger partial charge is 0.326 e. The second-order valence-electron chi connectivity index (χ2n) is 3.59. The zero-order chi connectivity index (χ0) is 12.7. The third-order valence-electron chi connectivity index (χ3n) is 2.18. The summed E-state index contributed by atoms with van der Waals surface area (Å²) in [4.78, 5) is 23.3. The van der Waals surface area contributed by atoms with Crippen molar-refractivity contribution in [3.8, 4) is 0 Å². The van der Waals surface area contributed by atoms with Crippen LogP contribution < -0.4 is 10.6 Å². The number of hydrogen-bond donors (Lipinski definition) is 3. The number of carboxylic acid groups (broad SMARTS) is 1. The lowest BCUT2D eigenvalue weighted by atomic mass is 10.2. The molecule has 1 aromatic rings. The van der Waals surface area contributed by atoms with Crippen LogP contribution in [0.1, 0.15) is 24.6 Å². The van der Waals surface area contributed by atoms with Gasteiger partial charge in [-0.05, 0) is 17.9 Å². The fourth-order valence-corrected chi connectivity index (χ4v) is 1.98. The minimum absolute atomic E-state index is 0.419. The van der Waals surface area contributed by atoms with Crippen LogP contribution in [-0.4, -0.2) is 23.1 Å². The summed E-state index contributed by atoms with van der Waals surface area (Å²) in [7, 11) is 0. The van der Waals surface area contributed by atoms with Crippen LogP contribution in [0.5, 0.6) is 0 Å². The van der Waals surface area contributed by atoms with Crippen LogP contribution in [-0.2, 0) is 11.3 Å². The first-order valence-corrected chi connectivity index (χ1v) is 6.31. The number of carbonyl (C=O) groups excluding carboxylic acids is 1. The molecule has 2 amide bonds. The Morgan fingerprint density at radius 2 is 2.29 bits per heavy atom. The third kappa shape index (κ3) is 4.86. The molecule has 0 saturated heterocycles. The molecule has 1 rings (SSSR count). The first-order chi connectivity index (χ1) is 8.13. The zero-order valence-corrected chi connectivity index (χ0v) is 10.4. The van der Waals surface area contributed by atoms with Crippen molar-refractivity contribution < 1.29 is 14.7 Å². The fourth-order valence-electron chi connectivity index (χ4n) is 1.34. The highest BCUT2D eigenvalue weighted by atomic mass is 32.1. The van der Waals surface area contributed by atoms with Crippen molar-refractivity contribution in [3.05, 3.63) is 22.4 Å². The van der Waals surface area contributed by atoms with E-state index < -0.39 is 18.0 Å². The Labute approximate surface area is 104 Å². The summed E-state index contributed by atoms with van der Waals surface area (Å²) < 4.78 is 0. The molecule has 0 saturated carbocycles. The maximum Gasteiger partial charge on any atom is 0.326 e. The van der Waals surface area contributed by atoms with Gasteiger partial charge in [0.2, 0.25) is 0 Å². The maximum absolute atomic E-state index is 11.4. The van der Waals surface area contributed by atoms with Gasteiger partial charge < -0.3 is 15.7 Å². The van der Waals surface area contributed by atoms with E-state index in [1.54, 1.807) is 11.3 Å². The number of amides is 2. The first-order valence-electron chi connectivity index (χ1n) is 5.43. The van der Waals surface area contributed by atoms with Crippen molar-refractivity contribution in [3.63, 3.8) is 0 Å². The molecule has 5 nitrogen and oxygen atoms in total. The molecule has 0 aliphatic carbocycles. The third-order valence-corrected chi connectivity index (χ3v) is 3.06. The Kier molecular flexibility index (Phi) is 5.48. The van der Waals surface area contributed by atoms with E-state index >= 15 is 0 Å². The van der Waals surface area contributed by atoms with Gasteiger partial charge in [-0.2, -0.15) is 0 Å². The second-order valence-corrected chi connectivity index (χ2v) is 4.62.